The van der Waals surface area contributed by atoms with Crippen molar-refractivity contribution < 1.29 is 43.8 Å². The predicted molar refractivity (Wildman–Crippen MR) is 200 cm³/mol. The maximum atomic E-state index is 13.6. The minimum atomic E-state index is -1.57. The molecule has 0 saturated carbocycles. The number of guanidine groups is 2. The second kappa shape index (κ2) is 24.9. The number of carboxylic acid groups (broad SMARTS) is 1. The Bertz CT molecular complexity index is 1330. The highest BCUT2D eigenvalue weighted by atomic mass is 16.4. The van der Waals surface area contributed by atoms with E-state index in [1.807, 2.05) is 13.8 Å². The summed E-state index contributed by atoms with van der Waals surface area (Å²) in [4.78, 5) is 97.5. The van der Waals surface area contributed by atoms with E-state index in [4.69, 9.17) is 33.8 Å². The molecular formula is C32H61N13O9. The minimum Gasteiger partial charge on any atom is -0.480 e. The highest BCUT2D eigenvalue weighted by Crippen LogP contribution is 2.08. The summed E-state index contributed by atoms with van der Waals surface area (Å²) in [5.41, 5.74) is 27.6. The van der Waals surface area contributed by atoms with Gasteiger partial charge in [0.1, 0.15) is 36.3 Å². The van der Waals surface area contributed by atoms with Crippen LogP contribution < -0.4 is 60.6 Å². The standard InChI is InChI=1S/C32H61N13O9/c1-15(2)13-19(33)25(48)42-21(10-8-12-39-32(36)37)27(50)43-20(9-7-11-38-31(34)35)26(49)40-17(5)24(47)44-22(14-46)28(51)45-23(16(3)4)29(52)41-18(6)30(53)54/h15-23,46H,7-14,33H2,1-6H3,(H,40,49)(H,41,52)(H,42,48)(H,43,50)(H,44,47)(H,45,51)(H,53,54)(H4,34,35,38)(H4,36,37,39)/t17-,18+,19+,20-,21-,22-,23-/m1/s1. The number of aliphatic hydroxyl groups is 1. The number of carbonyl (C=O) groups excluding carboxylic acids is 6. The van der Waals surface area contributed by atoms with E-state index in [1.165, 1.54) is 13.8 Å². The van der Waals surface area contributed by atoms with E-state index in [-0.39, 0.29) is 56.6 Å². The van der Waals surface area contributed by atoms with Gasteiger partial charge in [0.2, 0.25) is 35.4 Å². The van der Waals surface area contributed by atoms with E-state index in [1.54, 1.807) is 13.8 Å². The first-order valence-corrected chi connectivity index (χ1v) is 17.6. The first-order chi connectivity index (χ1) is 25.1. The first kappa shape index (κ1) is 48.8. The zero-order valence-electron chi connectivity index (χ0n) is 31.9. The summed E-state index contributed by atoms with van der Waals surface area (Å²) in [7, 11) is 0. The lowest BCUT2D eigenvalue weighted by atomic mass is 10.0. The summed E-state index contributed by atoms with van der Waals surface area (Å²) in [6.45, 7) is 8.84. The second-order valence-electron chi connectivity index (χ2n) is 13.5. The van der Waals surface area contributed by atoms with Gasteiger partial charge in [-0.1, -0.05) is 27.7 Å². The molecule has 0 unspecified atom stereocenters. The Balaban J connectivity index is 5.96. The van der Waals surface area contributed by atoms with Crippen LogP contribution >= 0.6 is 0 Å². The molecule has 0 fully saturated rings. The van der Waals surface area contributed by atoms with Crippen molar-refractivity contribution in [3.8, 4) is 0 Å². The Morgan fingerprint density at radius 3 is 1.43 bits per heavy atom. The lowest BCUT2D eigenvalue weighted by molar-refractivity contribution is -0.142. The fourth-order valence-electron chi connectivity index (χ4n) is 4.73. The topological polar surface area (TPSA) is 387 Å². The molecular weight excluding hydrogens is 710 g/mol. The van der Waals surface area contributed by atoms with Gasteiger partial charge in [0, 0.05) is 13.1 Å². The van der Waals surface area contributed by atoms with Gasteiger partial charge in [-0.2, -0.15) is 0 Å². The Morgan fingerprint density at radius 2 is 1.00 bits per heavy atom. The molecule has 0 aliphatic carbocycles. The summed E-state index contributed by atoms with van der Waals surface area (Å²) >= 11 is 0. The van der Waals surface area contributed by atoms with Crippen LogP contribution in [0, 0.1) is 11.8 Å². The number of aliphatic hydroxyl groups excluding tert-OH is 1. The van der Waals surface area contributed by atoms with Crippen LogP contribution in [0.15, 0.2) is 9.98 Å². The molecule has 6 amide bonds. The van der Waals surface area contributed by atoms with E-state index in [0.717, 1.165) is 0 Å². The molecule has 308 valence electrons. The average molecular weight is 772 g/mol. The van der Waals surface area contributed by atoms with E-state index >= 15 is 0 Å². The number of nitrogens with zero attached hydrogens (tertiary/aromatic N) is 2. The van der Waals surface area contributed by atoms with Crippen molar-refractivity contribution in [3.05, 3.63) is 0 Å². The van der Waals surface area contributed by atoms with Crippen LogP contribution in [-0.4, -0.2) is 126 Å². The lowest BCUT2D eigenvalue weighted by Gasteiger charge is -2.27. The normalized spacial score (nSPS) is 14.9. The van der Waals surface area contributed by atoms with Gasteiger partial charge in [0.25, 0.3) is 0 Å². The smallest absolute Gasteiger partial charge is 0.325 e. The largest absolute Gasteiger partial charge is 0.480 e. The van der Waals surface area contributed by atoms with Crippen molar-refractivity contribution in [2.75, 3.05) is 19.7 Å². The van der Waals surface area contributed by atoms with Crippen molar-refractivity contribution in [1.82, 2.24) is 31.9 Å². The molecule has 18 N–H and O–H groups in total. The third-order valence-corrected chi connectivity index (χ3v) is 7.76. The van der Waals surface area contributed by atoms with E-state index in [2.05, 4.69) is 41.9 Å². The minimum absolute atomic E-state index is 0.00889. The van der Waals surface area contributed by atoms with Gasteiger partial charge in [-0.05, 0) is 57.8 Å². The van der Waals surface area contributed by atoms with Crippen molar-refractivity contribution in [2.24, 2.45) is 50.5 Å². The molecule has 0 radical (unpaired) electrons. The van der Waals surface area contributed by atoms with Gasteiger partial charge in [0.05, 0.1) is 12.6 Å². The summed E-state index contributed by atoms with van der Waals surface area (Å²) < 4.78 is 0. The third-order valence-electron chi connectivity index (χ3n) is 7.76. The Kier molecular flexibility index (Phi) is 22.5. The number of hydrogen-bond acceptors (Lipinski definition) is 11. The zero-order chi connectivity index (χ0) is 41.7. The summed E-state index contributed by atoms with van der Waals surface area (Å²) in [6.07, 6.45) is 0.901. The molecule has 0 aromatic heterocycles. The van der Waals surface area contributed by atoms with Gasteiger partial charge >= 0.3 is 5.97 Å². The molecule has 0 rings (SSSR count). The molecule has 54 heavy (non-hydrogen) atoms. The van der Waals surface area contributed by atoms with Crippen LogP contribution in [0.4, 0.5) is 0 Å². The van der Waals surface area contributed by atoms with E-state index < -0.39 is 96.2 Å². The monoisotopic (exact) mass is 771 g/mol. The van der Waals surface area contributed by atoms with Crippen molar-refractivity contribution in [3.63, 3.8) is 0 Å². The predicted octanol–water partition coefficient (Wildman–Crippen LogP) is -4.85. The van der Waals surface area contributed by atoms with Gasteiger partial charge in [-0.3, -0.25) is 43.5 Å². The molecule has 0 heterocycles. The van der Waals surface area contributed by atoms with Crippen LogP contribution in [-0.2, 0) is 33.6 Å². The second-order valence-corrected chi connectivity index (χ2v) is 13.5. The number of aliphatic imine (C=N–C) groups is 2. The molecule has 0 aromatic carbocycles. The molecule has 0 aliphatic heterocycles. The maximum Gasteiger partial charge on any atom is 0.325 e. The Labute approximate surface area is 315 Å². The molecule has 22 nitrogen and oxygen atoms in total. The van der Waals surface area contributed by atoms with Crippen LogP contribution in [0.2, 0.25) is 0 Å². The van der Waals surface area contributed by atoms with Gasteiger partial charge < -0.3 is 70.8 Å². The number of nitrogens with two attached hydrogens (primary N) is 5. The number of aliphatic carboxylic acids is 1. The molecule has 0 saturated heterocycles. The third kappa shape index (κ3) is 19.5. The zero-order valence-corrected chi connectivity index (χ0v) is 31.9. The molecule has 0 aromatic rings. The molecule has 7 atom stereocenters. The van der Waals surface area contributed by atoms with E-state index in [9.17, 15) is 38.7 Å². The molecule has 0 bridgehead atoms. The molecule has 22 heteroatoms. The van der Waals surface area contributed by atoms with Gasteiger partial charge in [-0.25, -0.2) is 0 Å². The number of hydrogen-bond donors (Lipinski definition) is 13. The molecule has 0 aliphatic rings. The maximum absolute atomic E-state index is 13.6. The van der Waals surface area contributed by atoms with Crippen LogP contribution in [0.1, 0.15) is 73.6 Å². The summed E-state index contributed by atoms with van der Waals surface area (Å²) in [5.74, 6) is -6.83. The number of amides is 6. The van der Waals surface area contributed by atoms with Gasteiger partial charge in [-0.15, -0.1) is 0 Å². The molecule has 0 spiro atoms. The van der Waals surface area contributed by atoms with Crippen LogP contribution in [0.5, 0.6) is 0 Å². The quantitative estimate of drug-likeness (QED) is 0.0235. The number of nitrogens with one attached hydrogen (secondary N) is 6. The number of carboxylic acids is 1. The summed E-state index contributed by atoms with van der Waals surface area (Å²) in [6, 6.07) is -8.66. The van der Waals surface area contributed by atoms with Crippen LogP contribution in [0.25, 0.3) is 0 Å². The fraction of sp³-hybridized carbons (Fsp3) is 0.719. The highest BCUT2D eigenvalue weighted by molar-refractivity contribution is 5.97. The summed E-state index contributed by atoms with van der Waals surface area (Å²) in [5, 5.41) is 33.6. The van der Waals surface area contributed by atoms with Gasteiger partial charge in [0.15, 0.2) is 11.9 Å². The Hall–Kier alpha value is -5.25. The average Bonchev–Trinajstić information content (AvgIpc) is 3.07. The number of rotatable bonds is 25. The lowest BCUT2D eigenvalue weighted by Crippen LogP contribution is -2.60. The highest BCUT2D eigenvalue weighted by Gasteiger charge is 2.33. The first-order valence-electron chi connectivity index (χ1n) is 17.6. The van der Waals surface area contributed by atoms with Crippen molar-refractivity contribution in [1.29, 1.82) is 0 Å². The van der Waals surface area contributed by atoms with Crippen molar-refractivity contribution in [2.45, 2.75) is 116 Å². The number of carbonyl (C=O) groups is 7. The fourth-order valence-corrected chi connectivity index (χ4v) is 4.73. The SMILES string of the molecule is CC(C)C[C@H](N)C(=O)N[C@H](CCCN=C(N)N)C(=O)N[C@H](CCCN=C(N)N)C(=O)N[C@H](C)C(=O)N[C@H](CO)C(=O)N[C@@H](C(=O)N[C@@H](C)C(=O)O)C(C)C. The van der Waals surface area contributed by atoms with Crippen molar-refractivity contribution >= 4 is 53.3 Å². The Morgan fingerprint density at radius 1 is 0.574 bits per heavy atom. The van der Waals surface area contributed by atoms with E-state index in [0.29, 0.717) is 6.42 Å². The van der Waals surface area contributed by atoms with Crippen LogP contribution in [0.3, 0.4) is 0 Å².